The van der Waals surface area contributed by atoms with Crippen molar-refractivity contribution in [2.24, 2.45) is 0 Å². The van der Waals surface area contributed by atoms with Gasteiger partial charge in [-0.1, -0.05) is 18.2 Å². The second kappa shape index (κ2) is 6.72. The molecule has 1 amide bonds. The summed E-state index contributed by atoms with van der Waals surface area (Å²) in [5.41, 5.74) is -3.07. The fourth-order valence-electron chi connectivity index (χ4n) is 2.52. The summed E-state index contributed by atoms with van der Waals surface area (Å²) in [6.45, 7) is 4.55. The van der Waals surface area contributed by atoms with Crippen LogP contribution in [0.4, 0.5) is 4.79 Å². The van der Waals surface area contributed by atoms with E-state index in [0.29, 0.717) is 0 Å². The van der Waals surface area contributed by atoms with Crippen LogP contribution in [0.3, 0.4) is 0 Å². The zero-order chi connectivity index (χ0) is 18.8. The number of nitrogens with zero attached hydrogens (tertiary/aromatic N) is 1. The predicted octanol–water partition coefficient (Wildman–Crippen LogP) is 1.63. The summed E-state index contributed by atoms with van der Waals surface area (Å²) >= 11 is 0. The zero-order valence-electron chi connectivity index (χ0n) is 14.3. The van der Waals surface area contributed by atoms with Gasteiger partial charge in [-0.15, -0.1) is 0 Å². The first kappa shape index (κ1) is 18.7. The lowest BCUT2D eigenvalue weighted by Crippen LogP contribution is -2.56. The van der Waals surface area contributed by atoms with E-state index in [4.69, 9.17) is 9.47 Å². The van der Waals surface area contributed by atoms with Crippen LogP contribution in [0.5, 0.6) is 0 Å². The summed E-state index contributed by atoms with van der Waals surface area (Å²) in [5.74, 6) is -2.47. The van der Waals surface area contributed by atoms with Crippen molar-refractivity contribution in [2.45, 2.75) is 44.6 Å². The highest BCUT2D eigenvalue weighted by atomic mass is 16.6. The number of carboxylic acid groups (broad SMARTS) is 1. The van der Waals surface area contributed by atoms with E-state index in [0.717, 1.165) is 4.90 Å². The van der Waals surface area contributed by atoms with Crippen molar-refractivity contribution in [1.82, 2.24) is 4.90 Å². The zero-order valence-corrected chi connectivity index (χ0v) is 14.3. The Morgan fingerprint density at radius 1 is 1.20 bits per heavy atom. The highest BCUT2D eigenvalue weighted by Crippen LogP contribution is 2.33. The summed E-state index contributed by atoms with van der Waals surface area (Å²) in [5, 5.41) is 19.6. The van der Waals surface area contributed by atoms with E-state index in [1.165, 1.54) is 12.1 Å². The van der Waals surface area contributed by atoms with E-state index in [-0.39, 0.29) is 12.1 Å². The van der Waals surface area contributed by atoms with Gasteiger partial charge >= 0.3 is 18.0 Å². The number of aliphatic carboxylic acids is 1. The molecule has 0 radical (unpaired) electrons. The third kappa shape index (κ3) is 4.08. The van der Waals surface area contributed by atoms with E-state index >= 15 is 0 Å². The topological polar surface area (TPSA) is 113 Å². The number of hydrogen-bond donors (Lipinski definition) is 2. The van der Waals surface area contributed by atoms with E-state index in [2.05, 4.69) is 0 Å². The Bertz CT molecular complexity index is 667. The number of carboxylic acids is 1. The second-order valence-electron chi connectivity index (χ2n) is 6.79. The molecule has 1 unspecified atom stereocenters. The van der Waals surface area contributed by atoms with Crippen molar-refractivity contribution in [3.05, 3.63) is 35.9 Å². The first-order chi connectivity index (χ1) is 11.5. The molecular formula is C17H21NO7. The van der Waals surface area contributed by atoms with Gasteiger partial charge in [-0.05, 0) is 32.9 Å². The molecule has 1 saturated heterocycles. The first-order valence-corrected chi connectivity index (χ1v) is 7.75. The number of esters is 1. The number of benzene rings is 1. The van der Waals surface area contributed by atoms with Gasteiger partial charge < -0.3 is 19.7 Å². The maximum Gasteiger partial charge on any atom is 0.413 e. The lowest BCUT2D eigenvalue weighted by Gasteiger charge is -2.34. The average Bonchev–Trinajstić information content (AvgIpc) is 2.84. The minimum Gasteiger partial charge on any atom is -0.477 e. The number of aliphatic hydroxyl groups excluding tert-OH is 1. The number of ether oxygens (including phenoxy) is 2. The van der Waals surface area contributed by atoms with Gasteiger partial charge in [0.15, 0.2) is 0 Å². The highest BCUT2D eigenvalue weighted by molar-refractivity contribution is 5.93. The summed E-state index contributed by atoms with van der Waals surface area (Å²) < 4.78 is 10.4. The van der Waals surface area contributed by atoms with Crippen LogP contribution >= 0.6 is 0 Å². The number of carbonyl (C=O) groups is 3. The fraction of sp³-hybridized carbons (Fsp3) is 0.471. The number of carbonyl (C=O) groups excluding carboxylic acids is 2. The molecule has 0 aromatic heterocycles. The lowest BCUT2D eigenvalue weighted by molar-refractivity contribution is -0.175. The minimum atomic E-state index is -2.32. The van der Waals surface area contributed by atoms with Crippen molar-refractivity contribution in [1.29, 1.82) is 0 Å². The molecule has 0 bridgehead atoms. The average molecular weight is 351 g/mol. The quantitative estimate of drug-likeness (QED) is 0.796. The summed E-state index contributed by atoms with van der Waals surface area (Å²) in [6.07, 6.45) is -2.58. The molecule has 2 rings (SSSR count). The number of likely N-dealkylation sites (tertiary alicyclic amines) is 1. The van der Waals surface area contributed by atoms with E-state index < -0.39 is 41.9 Å². The first-order valence-electron chi connectivity index (χ1n) is 7.75. The fourth-order valence-corrected chi connectivity index (χ4v) is 2.52. The molecule has 1 heterocycles. The standard InChI is InChI=1S/C17H21NO7/c1-16(2,3)25-15(23)18-10-12(19)9-17(18,14(21)22)24-13(20)11-7-5-4-6-8-11/h4-8,12,19H,9-10H2,1-3H3,(H,21,22)/t12?,17-/m1/s1. The van der Waals surface area contributed by atoms with Crippen LogP contribution in [0.15, 0.2) is 30.3 Å². The van der Waals surface area contributed by atoms with Gasteiger partial charge in [-0.3, -0.25) is 4.90 Å². The maximum atomic E-state index is 12.4. The van der Waals surface area contributed by atoms with Gasteiger partial charge in [0.05, 0.1) is 18.2 Å². The SMILES string of the molecule is CC(C)(C)OC(=O)N1CC(O)C[C@@]1(OC(=O)c1ccccc1)C(=O)O. The second-order valence-corrected chi connectivity index (χ2v) is 6.79. The molecule has 136 valence electrons. The van der Waals surface area contributed by atoms with Gasteiger partial charge in [-0.25, -0.2) is 14.4 Å². The third-order valence-electron chi connectivity index (χ3n) is 3.56. The number of amides is 1. The van der Waals surface area contributed by atoms with Crippen LogP contribution in [0.1, 0.15) is 37.6 Å². The van der Waals surface area contributed by atoms with Crippen LogP contribution in [0.2, 0.25) is 0 Å². The van der Waals surface area contributed by atoms with Crippen LogP contribution in [0.25, 0.3) is 0 Å². The Balaban J connectivity index is 2.33. The minimum absolute atomic E-state index is 0.133. The van der Waals surface area contributed by atoms with Gasteiger partial charge in [-0.2, -0.15) is 0 Å². The normalized spacial score (nSPS) is 23.2. The summed E-state index contributed by atoms with van der Waals surface area (Å²) in [4.78, 5) is 37.3. The Hall–Kier alpha value is -2.61. The van der Waals surface area contributed by atoms with Crippen molar-refractivity contribution in [3.63, 3.8) is 0 Å². The van der Waals surface area contributed by atoms with E-state index in [1.807, 2.05) is 0 Å². The molecule has 1 aromatic carbocycles. The van der Waals surface area contributed by atoms with Gasteiger partial charge in [0.1, 0.15) is 5.60 Å². The number of hydrogen-bond acceptors (Lipinski definition) is 6. The molecule has 2 atom stereocenters. The molecule has 2 N–H and O–H groups in total. The molecule has 0 spiro atoms. The van der Waals surface area contributed by atoms with Crippen molar-refractivity contribution in [3.8, 4) is 0 Å². The molecule has 0 saturated carbocycles. The van der Waals surface area contributed by atoms with E-state index in [1.54, 1.807) is 39.0 Å². The van der Waals surface area contributed by atoms with Gasteiger partial charge in [0.25, 0.3) is 5.72 Å². The Morgan fingerprint density at radius 2 is 1.80 bits per heavy atom. The van der Waals surface area contributed by atoms with Crippen LogP contribution in [-0.4, -0.2) is 57.1 Å². The Morgan fingerprint density at radius 3 is 2.32 bits per heavy atom. The smallest absolute Gasteiger partial charge is 0.413 e. The van der Waals surface area contributed by atoms with E-state index in [9.17, 15) is 24.6 Å². The van der Waals surface area contributed by atoms with Crippen LogP contribution < -0.4 is 0 Å². The summed E-state index contributed by atoms with van der Waals surface area (Å²) in [7, 11) is 0. The molecule has 1 aliphatic heterocycles. The van der Waals surface area contributed by atoms with Gasteiger partial charge in [0, 0.05) is 6.42 Å². The molecule has 25 heavy (non-hydrogen) atoms. The third-order valence-corrected chi connectivity index (χ3v) is 3.56. The van der Waals surface area contributed by atoms with Crippen LogP contribution in [-0.2, 0) is 14.3 Å². The number of β-amino-alcohol motifs (C(OH)–C–C–N with tert-alkyl or cyclic N) is 1. The molecule has 1 fully saturated rings. The van der Waals surface area contributed by atoms with Crippen molar-refractivity contribution in [2.75, 3.05) is 6.54 Å². The molecular weight excluding hydrogens is 330 g/mol. The number of aliphatic hydroxyl groups is 1. The Labute approximate surface area is 144 Å². The number of rotatable bonds is 3. The predicted molar refractivity (Wildman–Crippen MR) is 85.8 cm³/mol. The van der Waals surface area contributed by atoms with Crippen molar-refractivity contribution >= 4 is 18.0 Å². The van der Waals surface area contributed by atoms with Crippen LogP contribution in [0, 0.1) is 0 Å². The van der Waals surface area contributed by atoms with Crippen molar-refractivity contribution < 1.29 is 34.1 Å². The molecule has 8 heteroatoms. The molecule has 1 aliphatic rings. The molecule has 8 nitrogen and oxygen atoms in total. The maximum absolute atomic E-state index is 12.4. The molecule has 1 aromatic rings. The monoisotopic (exact) mass is 351 g/mol. The molecule has 0 aliphatic carbocycles. The lowest BCUT2D eigenvalue weighted by atomic mass is 10.1. The summed E-state index contributed by atoms with van der Waals surface area (Å²) in [6, 6.07) is 7.80. The largest absolute Gasteiger partial charge is 0.477 e. The highest BCUT2D eigenvalue weighted by Gasteiger charge is 2.58. The Kier molecular flexibility index (Phi) is 5.03. The van der Waals surface area contributed by atoms with Gasteiger partial charge in [0.2, 0.25) is 0 Å².